The number of fused-ring (bicyclic) bond motifs is 3. The van der Waals surface area contributed by atoms with Crippen molar-refractivity contribution < 1.29 is 4.42 Å². The summed E-state index contributed by atoms with van der Waals surface area (Å²) in [6.45, 7) is 0. The summed E-state index contributed by atoms with van der Waals surface area (Å²) in [5, 5.41) is 19.9. The maximum atomic E-state index is 5.79. The van der Waals surface area contributed by atoms with Crippen LogP contribution in [-0.2, 0) is 0 Å². The largest absolute Gasteiger partial charge is 0.417 e. The van der Waals surface area contributed by atoms with E-state index in [1.807, 2.05) is 84.9 Å². The molecule has 0 atom stereocenters. The Hall–Kier alpha value is -4.58. The molecule has 6 rings (SSSR count). The van der Waals surface area contributed by atoms with Gasteiger partial charge in [-0.25, -0.2) is 0 Å². The molecular weight excluding hydrogens is 398 g/mol. The lowest BCUT2D eigenvalue weighted by Gasteiger charge is -2.00. The fourth-order valence-corrected chi connectivity index (χ4v) is 3.65. The van der Waals surface area contributed by atoms with Gasteiger partial charge < -0.3 is 4.42 Å². The van der Waals surface area contributed by atoms with Crippen LogP contribution in [0.5, 0.6) is 0 Å². The van der Waals surface area contributed by atoms with E-state index in [0.717, 1.165) is 38.6 Å². The highest BCUT2D eigenvalue weighted by Crippen LogP contribution is 2.24. The molecule has 6 nitrogen and oxygen atoms in total. The molecule has 2 aromatic heterocycles. The Morgan fingerprint density at radius 3 is 2.38 bits per heavy atom. The topological polar surface area (TPSA) is 69.6 Å². The Balaban J connectivity index is 1.27. The van der Waals surface area contributed by atoms with E-state index in [9.17, 15) is 0 Å². The minimum Gasteiger partial charge on any atom is -0.417 e. The number of hydrogen-bond donors (Lipinski definition) is 0. The van der Waals surface area contributed by atoms with Gasteiger partial charge in [0, 0.05) is 17.0 Å². The van der Waals surface area contributed by atoms with Crippen LogP contribution in [0, 0.1) is 0 Å². The van der Waals surface area contributed by atoms with Gasteiger partial charge in [0.2, 0.25) is 11.8 Å². The van der Waals surface area contributed by atoms with E-state index in [1.54, 1.807) is 4.80 Å². The molecule has 0 fully saturated rings. The standard InChI is InChI=1S/C26H17N5O/c1-2-6-18(7-3-1)10-17-24-27-28-26(32-24)20-11-14-21(15-12-20)31-29-23-16-13-19-8-4-5-9-22(19)25(23)30-31/h1-17H. The zero-order valence-electron chi connectivity index (χ0n) is 17.0. The molecule has 0 aliphatic rings. The first-order valence-electron chi connectivity index (χ1n) is 10.3. The molecule has 0 aliphatic heterocycles. The molecule has 0 saturated carbocycles. The van der Waals surface area contributed by atoms with Crippen molar-refractivity contribution in [3.8, 4) is 17.1 Å². The predicted molar refractivity (Wildman–Crippen MR) is 125 cm³/mol. The molecule has 0 radical (unpaired) electrons. The van der Waals surface area contributed by atoms with E-state index in [-0.39, 0.29) is 0 Å². The van der Waals surface area contributed by atoms with Crippen LogP contribution in [0.2, 0.25) is 0 Å². The Morgan fingerprint density at radius 2 is 1.50 bits per heavy atom. The van der Waals surface area contributed by atoms with Crippen molar-refractivity contribution in [2.75, 3.05) is 0 Å². The third-order valence-corrected chi connectivity index (χ3v) is 5.28. The normalized spacial score (nSPS) is 11.6. The van der Waals surface area contributed by atoms with Gasteiger partial charge in [-0.1, -0.05) is 60.7 Å². The molecule has 4 aromatic carbocycles. The summed E-state index contributed by atoms with van der Waals surface area (Å²) in [5.41, 5.74) is 4.52. The second-order valence-electron chi connectivity index (χ2n) is 7.38. The Labute approximate surface area is 183 Å². The van der Waals surface area contributed by atoms with Gasteiger partial charge in [-0.2, -0.15) is 4.80 Å². The van der Waals surface area contributed by atoms with Gasteiger partial charge in [-0.15, -0.1) is 20.4 Å². The summed E-state index contributed by atoms with van der Waals surface area (Å²) in [6.07, 6.45) is 3.75. The molecule has 6 aromatic rings. The van der Waals surface area contributed by atoms with Crippen molar-refractivity contribution in [2.45, 2.75) is 0 Å². The SMILES string of the molecule is C(=Cc1nnc(-c2ccc(-n3nc4ccc5ccccc5c4n3)cc2)o1)c1ccccc1. The van der Waals surface area contributed by atoms with Crippen LogP contribution in [-0.4, -0.2) is 25.2 Å². The fourth-order valence-electron chi connectivity index (χ4n) is 3.65. The second kappa shape index (κ2) is 7.59. The zero-order chi connectivity index (χ0) is 21.3. The molecule has 0 amide bonds. The lowest BCUT2D eigenvalue weighted by Crippen LogP contribution is -1.98. The molecule has 6 heteroatoms. The van der Waals surface area contributed by atoms with Crippen LogP contribution >= 0.6 is 0 Å². The maximum absolute atomic E-state index is 5.79. The number of aromatic nitrogens is 5. The number of nitrogens with zero attached hydrogens (tertiary/aromatic N) is 5. The highest BCUT2D eigenvalue weighted by molar-refractivity contribution is 6.03. The molecule has 0 bridgehead atoms. The summed E-state index contributed by atoms with van der Waals surface area (Å²) < 4.78 is 5.79. The van der Waals surface area contributed by atoms with E-state index < -0.39 is 0 Å². The number of hydrogen-bond acceptors (Lipinski definition) is 5. The molecule has 0 saturated heterocycles. The molecular formula is C26H17N5O. The molecule has 0 N–H and O–H groups in total. The zero-order valence-corrected chi connectivity index (χ0v) is 17.0. The van der Waals surface area contributed by atoms with Crippen molar-refractivity contribution in [1.82, 2.24) is 25.2 Å². The Kier molecular flexibility index (Phi) is 4.32. The van der Waals surface area contributed by atoms with Gasteiger partial charge in [-0.3, -0.25) is 0 Å². The summed E-state index contributed by atoms with van der Waals surface area (Å²) in [7, 11) is 0. The first kappa shape index (κ1) is 18.2. The molecule has 152 valence electrons. The Morgan fingerprint density at radius 1 is 0.688 bits per heavy atom. The van der Waals surface area contributed by atoms with E-state index in [4.69, 9.17) is 9.52 Å². The number of rotatable bonds is 4. The van der Waals surface area contributed by atoms with Crippen molar-refractivity contribution in [3.05, 3.63) is 102 Å². The predicted octanol–water partition coefficient (Wildman–Crippen LogP) is 5.79. The average Bonchev–Trinajstić information content (AvgIpc) is 3.51. The van der Waals surface area contributed by atoms with Gasteiger partial charge >= 0.3 is 0 Å². The summed E-state index contributed by atoms with van der Waals surface area (Å²) in [4.78, 5) is 1.66. The van der Waals surface area contributed by atoms with Gasteiger partial charge in [0.1, 0.15) is 11.0 Å². The quantitative estimate of drug-likeness (QED) is 0.364. The van der Waals surface area contributed by atoms with Crippen molar-refractivity contribution in [2.24, 2.45) is 0 Å². The Bertz CT molecular complexity index is 1560. The highest BCUT2D eigenvalue weighted by Gasteiger charge is 2.10. The summed E-state index contributed by atoms with van der Waals surface area (Å²) in [6, 6.07) is 30.0. The third kappa shape index (κ3) is 3.33. The van der Waals surface area contributed by atoms with Crippen LogP contribution in [0.4, 0.5) is 0 Å². The van der Waals surface area contributed by atoms with E-state index in [1.165, 1.54) is 0 Å². The minimum absolute atomic E-state index is 0.458. The van der Waals surface area contributed by atoms with Gasteiger partial charge in [-0.05, 0) is 47.4 Å². The van der Waals surface area contributed by atoms with Crippen molar-refractivity contribution in [3.63, 3.8) is 0 Å². The smallest absolute Gasteiger partial charge is 0.248 e. The third-order valence-electron chi connectivity index (χ3n) is 5.28. The van der Waals surface area contributed by atoms with E-state index >= 15 is 0 Å². The lowest BCUT2D eigenvalue weighted by atomic mass is 10.1. The summed E-state index contributed by atoms with van der Waals surface area (Å²) >= 11 is 0. The van der Waals surface area contributed by atoms with Crippen LogP contribution < -0.4 is 0 Å². The van der Waals surface area contributed by atoms with Crippen LogP contribution in [0.25, 0.3) is 51.1 Å². The fraction of sp³-hybridized carbons (Fsp3) is 0. The van der Waals surface area contributed by atoms with Gasteiger partial charge in [0.25, 0.3) is 0 Å². The lowest BCUT2D eigenvalue weighted by molar-refractivity contribution is 0.558. The molecule has 32 heavy (non-hydrogen) atoms. The minimum atomic E-state index is 0.458. The molecule has 2 heterocycles. The van der Waals surface area contributed by atoms with Gasteiger partial charge in [0.15, 0.2) is 0 Å². The maximum Gasteiger partial charge on any atom is 0.248 e. The monoisotopic (exact) mass is 415 g/mol. The first-order chi connectivity index (χ1) is 15.8. The molecule has 0 aliphatic carbocycles. The summed E-state index contributed by atoms with van der Waals surface area (Å²) in [5.74, 6) is 0.925. The van der Waals surface area contributed by atoms with Crippen molar-refractivity contribution >= 4 is 34.0 Å². The second-order valence-corrected chi connectivity index (χ2v) is 7.38. The average molecular weight is 415 g/mol. The van der Waals surface area contributed by atoms with Crippen molar-refractivity contribution in [1.29, 1.82) is 0 Å². The number of benzene rings is 4. The van der Waals surface area contributed by atoms with E-state index in [0.29, 0.717) is 11.8 Å². The highest BCUT2D eigenvalue weighted by atomic mass is 16.4. The van der Waals surface area contributed by atoms with Crippen LogP contribution in [0.1, 0.15) is 11.5 Å². The molecule has 0 spiro atoms. The van der Waals surface area contributed by atoms with Gasteiger partial charge in [0.05, 0.1) is 5.69 Å². The van der Waals surface area contributed by atoms with Crippen LogP contribution in [0.15, 0.2) is 95.4 Å². The van der Waals surface area contributed by atoms with Crippen LogP contribution in [0.3, 0.4) is 0 Å². The molecule has 0 unspecified atom stereocenters. The van der Waals surface area contributed by atoms with E-state index in [2.05, 4.69) is 33.5 Å². The first-order valence-corrected chi connectivity index (χ1v) is 10.3.